The molecule has 0 saturated carbocycles. The van der Waals surface area contributed by atoms with Crippen LogP contribution < -0.4 is 5.32 Å². The van der Waals surface area contributed by atoms with Crippen LogP contribution in [0.3, 0.4) is 0 Å². The third-order valence-corrected chi connectivity index (χ3v) is 3.64. The van der Waals surface area contributed by atoms with Crippen LogP contribution in [0.4, 0.5) is 5.82 Å². The number of fused-ring (bicyclic) bond motifs is 1. The summed E-state index contributed by atoms with van der Waals surface area (Å²) in [5.41, 5.74) is 1.89. The Morgan fingerprint density at radius 2 is 2.17 bits per heavy atom. The summed E-state index contributed by atoms with van der Waals surface area (Å²) in [6, 6.07) is 8.58. The van der Waals surface area contributed by atoms with E-state index in [1.807, 2.05) is 30.5 Å². The van der Waals surface area contributed by atoms with E-state index in [0.717, 1.165) is 23.4 Å². The molecule has 1 unspecified atom stereocenters. The number of nitrogens with one attached hydrogen (secondary N) is 1. The standard InChI is InChI=1S/C14H18N4/c1-18-8-4-5-11(18)9-16-14-10-15-12-6-2-3-7-13(12)17-14/h2-3,6-7,10-11H,4-5,8-9H2,1H3,(H,16,17). The number of para-hydroxylation sites is 2. The minimum Gasteiger partial charge on any atom is -0.367 e. The minimum atomic E-state index is 0.623. The van der Waals surface area contributed by atoms with Crippen molar-refractivity contribution >= 4 is 16.9 Å². The molecular formula is C14H18N4. The fourth-order valence-electron chi connectivity index (χ4n) is 2.50. The van der Waals surface area contributed by atoms with E-state index >= 15 is 0 Å². The molecule has 2 heterocycles. The monoisotopic (exact) mass is 242 g/mol. The van der Waals surface area contributed by atoms with Crippen LogP contribution >= 0.6 is 0 Å². The average molecular weight is 242 g/mol. The Hall–Kier alpha value is -1.68. The first-order chi connectivity index (χ1) is 8.83. The van der Waals surface area contributed by atoms with E-state index in [1.54, 1.807) is 0 Å². The molecular weight excluding hydrogens is 224 g/mol. The van der Waals surface area contributed by atoms with Gasteiger partial charge in [-0.3, -0.25) is 4.98 Å². The van der Waals surface area contributed by atoms with Gasteiger partial charge in [-0.25, -0.2) is 4.98 Å². The van der Waals surface area contributed by atoms with Gasteiger partial charge < -0.3 is 10.2 Å². The first kappa shape index (κ1) is 11.4. The van der Waals surface area contributed by atoms with Crippen molar-refractivity contribution < 1.29 is 0 Å². The summed E-state index contributed by atoms with van der Waals surface area (Å²) in [5.74, 6) is 0.869. The van der Waals surface area contributed by atoms with Crippen molar-refractivity contribution in [3.63, 3.8) is 0 Å². The quantitative estimate of drug-likeness (QED) is 0.895. The van der Waals surface area contributed by atoms with E-state index in [-0.39, 0.29) is 0 Å². The van der Waals surface area contributed by atoms with Crippen LogP contribution in [-0.2, 0) is 0 Å². The minimum absolute atomic E-state index is 0.623. The summed E-state index contributed by atoms with van der Waals surface area (Å²) in [5, 5.41) is 3.39. The number of nitrogens with zero attached hydrogens (tertiary/aromatic N) is 3. The maximum atomic E-state index is 4.57. The highest BCUT2D eigenvalue weighted by Gasteiger charge is 2.20. The molecule has 18 heavy (non-hydrogen) atoms. The molecule has 1 saturated heterocycles. The number of aromatic nitrogens is 2. The molecule has 0 amide bonds. The summed E-state index contributed by atoms with van der Waals surface area (Å²) >= 11 is 0. The lowest BCUT2D eigenvalue weighted by Gasteiger charge is -2.19. The molecule has 0 aliphatic carbocycles. The van der Waals surface area contributed by atoms with Gasteiger partial charge in [0.15, 0.2) is 0 Å². The Labute approximate surface area is 107 Å². The number of likely N-dealkylation sites (tertiary alicyclic amines) is 1. The lowest BCUT2D eigenvalue weighted by Crippen LogP contribution is -2.31. The summed E-state index contributed by atoms with van der Waals surface area (Å²) in [4.78, 5) is 11.4. The fourth-order valence-corrected chi connectivity index (χ4v) is 2.50. The molecule has 1 aromatic heterocycles. The van der Waals surface area contributed by atoms with Crippen LogP contribution in [0.15, 0.2) is 30.5 Å². The molecule has 0 radical (unpaired) electrons. The molecule has 1 aromatic carbocycles. The maximum Gasteiger partial charge on any atom is 0.145 e. The zero-order valence-electron chi connectivity index (χ0n) is 10.6. The Morgan fingerprint density at radius 1 is 1.33 bits per heavy atom. The first-order valence-electron chi connectivity index (χ1n) is 6.49. The van der Waals surface area contributed by atoms with Crippen molar-refractivity contribution in [2.24, 2.45) is 0 Å². The van der Waals surface area contributed by atoms with Crippen molar-refractivity contribution in [1.29, 1.82) is 0 Å². The van der Waals surface area contributed by atoms with Gasteiger partial charge in [0.1, 0.15) is 5.82 Å². The van der Waals surface area contributed by atoms with E-state index in [1.165, 1.54) is 19.4 Å². The Kier molecular flexibility index (Phi) is 3.11. The number of hydrogen-bond donors (Lipinski definition) is 1. The molecule has 1 N–H and O–H groups in total. The SMILES string of the molecule is CN1CCCC1CNc1cnc2ccccc2n1. The molecule has 1 aliphatic heterocycles. The van der Waals surface area contributed by atoms with Crippen LogP contribution in [0.2, 0.25) is 0 Å². The van der Waals surface area contributed by atoms with Crippen molar-refractivity contribution in [3.8, 4) is 0 Å². The van der Waals surface area contributed by atoms with Gasteiger partial charge >= 0.3 is 0 Å². The Balaban J connectivity index is 1.71. The normalized spacial score (nSPS) is 20.4. The summed E-state index contributed by atoms with van der Waals surface area (Å²) < 4.78 is 0. The zero-order chi connectivity index (χ0) is 12.4. The molecule has 94 valence electrons. The van der Waals surface area contributed by atoms with Crippen LogP contribution in [0.25, 0.3) is 11.0 Å². The number of likely N-dealkylation sites (N-methyl/N-ethyl adjacent to an activating group) is 1. The largest absolute Gasteiger partial charge is 0.367 e. The molecule has 4 heteroatoms. The summed E-state index contributed by atoms with van der Waals surface area (Å²) in [6.07, 6.45) is 4.38. The molecule has 1 fully saturated rings. The zero-order valence-corrected chi connectivity index (χ0v) is 10.6. The van der Waals surface area contributed by atoms with E-state index in [2.05, 4.69) is 27.2 Å². The molecule has 1 atom stereocenters. The molecule has 1 aliphatic rings. The second-order valence-electron chi connectivity index (χ2n) is 4.90. The molecule has 2 aromatic rings. The number of anilines is 1. The van der Waals surface area contributed by atoms with Gasteiger partial charge in [-0.05, 0) is 38.6 Å². The second-order valence-corrected chi connectivity index (χ2v) is 4.90. The van der Waals surface area contributed by atoms with E-state index in [9.17, 15) is 0 Å². The second kappa shape index (κ2) is 4.90. The van der Waals surface area contributed by atoms with Gasteiger partial charge in [0.2, 0.25) is 0 Å². The van der Waals surface area contributed by atoms with Crippen LogP contribution in [0.1, 0.15) is 12.8 Å². The number of hydrogen-bond acceptors (Lipinski definition) is 4. The van der Waals surface area contributed by atoms with Gasteiger partial charge in [-0.15, -0.1) is 0 Å². The topological polar surface area (TPSA) is 41.0 Å². The van der Waals surface area contributed by atoms with Crippen molar-refractivity contribution in [1.82, 2.24) is 14.9 Å². The average Bonchev–Trinajstić information content (AvgIpc) is 2.82. The Morgan fingerprint density at radius 3 is 2.94 bits per heavy atom. The van der Waals surface area contributed by atoms with Crippen molar-refractivity contribution in [3.05, 3.63) is 30.5 Å². The highest BCUT2D eigenvalue weighted by atomic mass is 15.2. The van der Waals surface area contributed by atoms with Crippen LogP contribution in [0.5, 0.6) is 0 Å². The first-order valence-corrected chi connectivity index (χ1v) is 6.49. The molecule has 0 bridgehead atoms. The van der Waals surface area contributed by atoms with Crippen LogP contribution in [0, 0.1) is 0 Å². The fraction of sp³-hybridized carbons (Fsp3) is 0.429. The van der Waals surface area contributed by atoms with Gasteiger partial charge in [0.25, 0.3) is 0 Å². The lowest BCUT2D eigenvalue weighted by molar-refractivity contribution is 0.322. The number of rotatable bonds is 3. The van der Waals surface area contributed by atoms with Gasteiger partial charge in [-0.1, -0.05) is 12.1 Å². The third-order valence-electron chi connectivity index (χ3n) is 3.64. The predicted octanol–water partition coefficient (Wildman–Crippen LogP) is 2.14. The highest BCUT2D eigenvalue weighted by Crippen LogP contribution is 2.16. The molecule has 4 nitrogen and oxygen atoms in total. The van der Waals surface area contributed by atoms with Gasteiger partial charge in [0, 0.05) is 12.6 Å². The van der Waals surface area contributed by atoms with Gasteiger partial charge in [0.05, 0.1) is 17.2 Å². The van der Waals surface area contributed by atoms with E-state index in [0.29, 0.717) is 6.04 Å². The Bertz CT molecular complexity index is 540. The maximum absolute atomic E-state index is 4.57. The van der Waals surface area contributed by atoms with Gasteiger partial charge in [-0.2, -0.15) is 0 Å². The predicted molar refractivity (Wildman–Crippen MR) is 73.7 cm³/mol. The smallest absolute Gasteiger partial charge is 0.145 e. The lowest BCUT2D eigenvalue weighted by atomic mass is 10.2. The summed E-state index contributed by atoms with van der Waals surface area (Å²) in [6.45, 7) is 2.15. The van der Waals surface area contributed by atoms with Crippen molar-refractivity contribution in [2.45, 2.75) is 18.9 Å². The number of benzene rings is 1. The summed E-state index contributed by atoms with van der Waals surface area (Å²) in [7, 11) is 2.19. The molecule has 3 rings (SSSR count). The highest BCUT2D eigenvalue weighted by molar-refractivity contribution is 5.75. The van der Waals surface area contributed by atoms with Crippen LogP contribution in [-0.4, -0.2) is 41.0 Å². The molecule has 0 spiro atoms. The van der Waals surface area contributed by atoms with Crippen molar-refractivity contribution in [2.75, 3.05) is 25.5 Å². The van der Waals surface area contributed by atoms with E-state index < -0.39 is 0 Å². The van der Waals surface area contributed by atoms with E-state index in [4.69, 9.17) is 0 Å². The third kappa shape index (κ3) is 2.29.